The molecule has 0 aromatic heterocycles. The van der Waals surface area contributed by atoms with Crippen LogP contribution in [-0.4, -0.2) is 17.1 Å². The second-order valence-corrected chi connectivity index (χ2v) is 8.02. The second kappa shape index (κ2) is 6.23. The van der Waals surface area contributed by atoms with Gasteiger partial charge < -0.3 is 10.4 Å². The van der Waals surface area contributed by atoms with E-state index in [1.807, 2.05) is 13.8 Å². The summed E-state index contributed by atoms with van der Waals surface area (Å²) in [5, 5.41) is 12.2. The van der Waals surface area contributed by atoms with E-state index in [9.17, 15) is 23.1 Å². The number of carbonyl (C=O) groups is 1. The average molecular weight is 364 g/mol. The van der Waals surface area contributed by atoms with E-state index in [-0.39, 0.29) is 17.5 Å². The van der Waals surface area contributed by atoms with Gasteiger partial charge in [0.25, 0.3) is 0 Å². The molecule has 1 aromatic carbocycles. The molecule has 3 nitrogen and oxygen atoms in total. The van der Waals surface area contributed by atoms with Gasteiger partial charge in [0.1, 0.15) is 0 Å². The number of alkyl halides is 3. The van der Waals surface area contributed by atoms with Crippen molar-refractivity contribution in [2.24, 2.45) is 10.8 Å². The molecule has 134 valence electrons. The van der Waals surface area contributed by atoms with Crippen molar-refractivity contribution in [1.29, 1.82) is 0 Å². The first-order valence-corrected chi connectivity index (χ1v) is 8.06. The SMILES string of the molecule is CC1(C)CC(O)CC(C)(C(=O)Nc2ccc(Cl)c(C(F)(F)F)c2)C1. The standard InChI is InChI=1S/C17H21ClF3NO2/c1-15(2)7-11(23)8-16(3,9-15)14(24)22-10-4-5-13(18)12(6-10)17(19,20)21/h4-6,11,23H,7-9H2,1-3H3,(H,22,24). The molecule has 1 aliphatic rings. The van der Waals surface area contributed by atoms with Gasteiger partial charge in [-0.15, -0.1) is 0 Å². The van der Waals surface area contributed by atoms with Gasteiger partial charge in [-0.1, -0.05) is 32.4 Å². The fourth-order valence-electron chi connectivity index (χ4n) is 3.71. The first-order chi connectivity index (χ1) is 10.8. The summed E-state index contributed by atoms with van der Waals surface area (Å²) in [4.78, 5) is 12.6. The third kappa shape index (κ3) is 4.22. The summed E-state index contributed by atoms with van der Waals surface area (Å²) in [5.41, 5.74) is -2.02. The molecule has 2 atom stereocenters. The van der Waals surface area contributed by atoms with Crippen LogP contribution in [0.2, 0.25) is 5.02 Å². The summed E-state index contributed by atoms with van der Waals surface area (Å²) < 4.78 is 38.8. The number of aliphatic hydroxyl groups excluding tert-OH is 1. The Bertz CT molecular complexity index is 645. The van der Waals surface area contributed by atoms with Gasteiger partial charge in [-0.25, -0.2) is 0 Å². The number of aliphatic hydroxyl groups is 1. The Morgan fingerprint density at radius 3 is 2.46 bits per heavy atom. The fourth-order valence-corrected chi connectivity index (χ4v) is 3.93. The summed E-state index contributed by atoms with van der Waals surface area (Å²) >= 11 is 5.58. The van der Waals surface area contributed by atoms with Crippen molar-refractivity contribution in [3.63, 3.8) is 0 Å². The monoisotopic (exact) mass is 363 g/mol. The molecule has 1 amide bonds. The van der Waals surface area contributed by atoms with Crippen LogP contribution < -0.4 is 5.32 Å². The van der Waals surface area contributed by atoms with E-state index in [1.54, 1.807) is 6.92 Å². The van der Waals surface area contributed by atoms with Crippen molar-refractivity contribution in [2.75, 3.05) is 5.32 Å². The molecule has 2 unspecified atom stereocenters. The van der Waals surface area contributed by atoms with E-state index in [2.05, 4.69) is 5.32 Å². The Morgan fingerprint density at radius 2 is 1.92 bits per heavy atom. The maximum atomic E-state index is 12.9. The average Bonchev–Trinajstić information content (AvgIpc) is 2.36. The Labute approximate surface area is 144 Å². The maximum Gasteiger partial charge on any atom is 0.417 e. The van der Waals surface area contributed by atoms with Gasteiger partial charge in [0.2, 0.25) is 5.91 Å². The van der Waals surface area contributed by atoms with Crippen LogP contribution in [0.3, 0.4) is 0 Å². The highest BCUT2D eigenvalue weighted by Gasteiger charge is 2.45. The highest BCUT2D eigenvalue weighted by molar-refractivity contribution is 6.31. The third-order valence-electron chi connectivity index (χ3n) is 4.42. The van der Waals surface area contributed by atoms with Gasteiger partial charge in [-0.2, -0.15) is 13.2 Å². The Morgan fingerprint density at radius 1 is 1.29 bits per heavy atom. The van der Waals surface area contributed by atoms with Crippen LogP contribution >= 0.6 is 11.6 Å². The predicted molar refractivity (Wildman–Crippen MR) is 86.8 cm³/mol. The van der Waals surface area contributed by atoms with Gasteiger partial charge in [0.15, 0.2) is 0 Å². The number of rotatable bonds is 2. The predicted octanol–water partition coefficient (Wildman–Crippen LogP) is 4.87. The molecule has 0 aliphatic heterocycles. The van der Waals surface area contributed by atoms with Gasteiger partial charge in [0, 0.05) is 11.1 Å². The zero-order valence-corrected chi connectivity index (χ0v) is 14.6. The Kier molecular flexibility index (Phi) is 4.94. The lowest BCUT2D eigenvalue weighted by Crippen LogP contribution is -2.45. The molecule has 1 fully saturated rings. The zero-order valence-electron chi connectivity index (χ0n) is 13.8. The summed E-state index contributed by atoms with van der Waals surface area (Å²) in [5.74, 6) is -0.398. The topological polar surface area (TPSA) is 49.3 Å². The van der Waals surface area contributed by atoms with Crippen LogP contribution in [0.4, 0.5) is 18.9 Å². The van der Waals surface area contributed by atoms with Crippen molar-refractivity contribution in [1.82, 2.24) is 0 Å². The molecule has 0 saturated heterocycles. The van der Waals surface area contributed by atoms with Gasteiger partial charge in [-0.05, 0) is 42.9 Å². The summed E-state index contributed by atoms with van der Waals surface area (Å²) in [7, 11) is 0. The molecule has 0 spiro atoms. The van der Waals surface area contributed by atoms with E-state index in [0.717, 1.165) is 12.1 Å². The Hall–Kier alpha value is -1.27. The number of hydrogen-bond acceptors (Lipinski definition) is 2. The molecule has 1 aromatic rings. The molecular formula is C17H21ClF3NO2. The van der Waals surface area contributed by atoms with Crippen LogP contribution in [0, 0.1) is 10.8 Å². The van der Waals surface area contributed by atoms with E-state index < -0.39 is 34.2 Å². The molecule has 7 heteroatoms. The highest BCUT2D eigenvalue weighted by Crippen LogP contribution is 2.46. The van der Waals surface area contributed by atoms with E-state index in [1.165, 1.54) is 6.07 Å². The minimum absolute atomic E-state index is 0.0378. The van der Waals surface area contributed by atoms with Gasteiger partial charge in [0.05, 0.1) is 16.7 Å². The number of nitrogens with one attached hydrogen (secondary N) is 1. The minimum atomic E-state index is -4.59. The smallest absolute Gasteiger partial charge is 0.393 e. The van der Waals surface area contributed by atoms with E-state index >= 15 is 0 Å². The molecule has 1 saturated carbocycles. The molecule has 0 radical (unpaired) electrons. The molecular weight excluding hydrogens is 343 g/mol. The number of carbonyl (C=O) groups excluding carboxylic acids is 1. The van der Waals surface area contributed by atoms with Crippen LogP contribution in [0.25, 0.3) is 0 Å². The molecule has 0 heterocycles. The molecule has 2 rings (SSSR count). The van der Waals surface area contributed by atoms with Crippen molar-refractivity contribution in [3.8, 4) is 0 Å². The highest BCUT2D eigenvalue weighted by atomic mass is 35.5. The van der Waals surface area contributed by atoms with Crippen molar-refractivity contribution < 1.29 is 23.1 Å². The van der Waals surface area contributed by atoms with E-state index in [4.69, 9.17) is 11.6 Å². The van der Waals surface area contributed by atoms with Crippen LogP contribution in [-0.2, 0) is 11.0 Å². The maximum absolute atomic E-state index is 12.9. The van der Waals surface area contributed by atoms with Crippen molar-refractivity contribution in [2.45, 2.75) is 52.3 Å². The second-order valence-electron chi connectivity index (χ2n) is 7.61. The lowest BCUT2D eigenvalue weighted by atomic mass is 9.63. The quantitative estimate of drug-likeness (QED) is 0.787. The van der Waals surface area contributed by atoms with Crippen LogP contribution in [0.5, 0.6) is 0 Å². The lowest BCUT2D eigenvalue weighted by Gasteiger charge is -2.44. The van der Waals surface area contributed by atoms with Crippen LogP contribution in [0.1, 0.15) is 45.6 Å². The van der Waals surface area contributed by atoms with Gasteiger partial charge >= 0.3 is 6.18 Å². The summed E-state index contributed by atoms with van der Waals surface area (Å²) in [6.45, 7) is 5.66. The summed E-state index contributed by atoms with van der Waals surface area (Å²) in [6.07, 6.45) is -3.79. The third-order valence-corrected chi connectivity index (χ3v) is 4.75. The molecule has 0 bridgehead atoms. The minimum Gasteiger partial charge on any atom is -0.393 e. The largest absolute Gasteiger partial charge is 0.417 e. The molecule has 24 heavy (non-hydrogen) atoms. The number of halogens is 4. The lowest BCUT2D eigenvalue weighted by molar-refractivity contribution is -0.137. The number of anilines is 1. The summed E-state index contributed by atoms with van der Waals surface area (Å²) in [6, 6.07) is 3.28. The van der Waals surface area contributed by atoms with Crippen LogP contribution in [0.15, 0.2) is 18.2 Å². The van der Waals surface area contributed by atoms with Crippen molar-refractivity contribution in [3.05, 3.63) is 28.8 Å². The van der Waals surface area contributed by atoms with Crippen molar-refractivity contribution >= 4 is 23.2 Å². The fraction of sp³-hybridized carbons (Fsp3) is 0.588. The normalized spacial score (nSPS) is 26.9. The number of hydrogen-bond donors (Lipinski definition) is 2. The molecule has 2 N–H and O–H groups in total. The van der Waals surface area contributed by atoms with E-state index in [0.29, 0.717) is 12.8 Å². The zero-order chi connectivity index (χ0) is 18.3. The molecule has 1 aliphatic carbocycles. The Balaban J connectivity index is 2.23. The first-order valence-electron chi connectivity index (χ1n) is 7.69. The van der Waals surface area contributed by atoms with Gasteiger partial charge in [-0.3, -0.25) is 4.79 Å². The number of amides is 1. The number of benzene rings is 1. The first kappa shape index (κ1) is 19.1.